The molecule has 1 aromatic heterocycles. The minimum absolute atomic E-state index is 0.128. The normalized spacial score (nSPS) is 17.2. The number of hydrogen-bond donors (Lipinski definition) is 0. The molecule has 0 aliphatic carbocycles. The highest BCUT2D eigenvalue weighted by atomic mass is 16.5. The summed E-state index contributed by atoms with van der Waals surface area (Å²) in [5.41, 5.74) is 2.18. The van der Waals surface area contributed by atoms with Gasteiger partial charge in [-0.3, -0.25) is 14.3 Å². The van der Waals surface area contributed by atoms with Gasteiger partial charge in [-0.05, 0) is 13.0 Å². The summed E-state index contributed by atoms with van der Waals surface area (Å²) in [6, 6.07) is 11.2. The average Bonchev–Trinajstić information content (AvgIpc) is 3.04. The lowest BCUT2D eigenvalue weighted by molar-refractivity contribution is -0.145. The zero-order valence-electron chi connectivity index (χ0n) is 15.1. The molecule has 7 heteroatoms. The van der Waals surface area contributed by atoms with Crippen molar-refractivity contribution in [3.05, 3.63) is 42.1 Å². The minimum atomic E-state index is -0.328. The topological polar surface area (TPSA) is 73.7 Å². The number of aryl methyl sites for hydroxylation is 1. The van der Waals surface area contributed by atoms with E-state index in [1.54, 1.807) is 29.6 Å². The second-order valence-corrected chi connectivity index (χ2v) is 6.14. The summed E-state index contributed by atoms with van der Waals surface area (Å²) in [5.74, 6) is -0.476. The van der Waals surface area contributed by atoms with Gasteiger partial charge in [-0.25, -0.2) is 0 Å². The van der Waals surface area contributed by atoms with Crippen molar-refractivity contribution < 1.29 is 19.1 Å². The number of aromatic nitrogens is 2. The summed E-state index contributed by atoms with van der Waals surface area (Å²) >= 11 is 0. The smallest absolute Gasteiger partial charge is 0.307 e. The van der Waals surface area contributed by atoms with Gasteiger partial charge in [0.2, 0.25) is 0 Å². The molecule has 1 atom stereocenters. The Balaban J connectivity index is 1.80. The van der Waals surface area contributed by atoms with Crippen LogP contribution in [0, 0.1) is 0 Å². The molecule has 138 valence electrons. The molecule has 1 fully saturated rings. The van der Waals surface area contributed by atoms with Crippen LogP contribution in [-0.2, 0) is 21.3 Å². The molecule has 3 rings (SSSR count). The molecule has 1 aliphatic heterocycles. The van der Waals surface area contributed by atoms with Crippen LogP contribution in [0.4, 0.5) is 0 Å². The third-order valence-electron chi connectivity index (χ3n) is 4.36. The Bertz CT molecular complexity index is 772. The number of carbonyl (C=O) groups excluding carboxylic acids is 2. The third-order valence-corrected chi connectivity index (χ3v) is 4.36. The van der Waals surface area contributed by atoms with Gasteiger partial charge in [-0.2, -0.15) is 5.10 Å². The summed E-state index contributed by atoms with van der Waals surface area (Å²) in [6.07, 6.45) is 0.128. The van der Waals surface area contributed by atoms with Gasteiger partial charge in [-0.1, -0.05) is 30.3 Å². The molecule has 1 aromatic carbocycles. The van der Waals surface area contributed by atoms with Gasteiger partial charge in [0.15, 0.2) is 0 Å². The van der Waals surface area contributed by atoms with Crippen LogP contribution in [-0.4, -0.2) is 59.0 Å². The molecule has 0 N–H and O–H groups in total. The van der Waals surface area contributed by atoms with Crippen LogP contribution in [0.1, 0.15) is 23.8 Å². The summed E-state index contributed by atoms with van der Waals surface area (Å²) < 4.78 is 12.1. The number of rotatable bonds is 5. The molecule has 2 heterocycles. The summed E-state index contributed by atoms with van der Waals surface area (Å²) in [4.78, 5) is 26.6. The quantitative estimate of drug-likeness (QED) is 0.764. The van der Waals surface area contributed by atoms with Gasteiger partial charge in [0, 0.05) is 19.2 Å². The van der Waals surface area contributed by atoms with Crippen LogP contribution in [0.15, 0.2) is 36.4 Å². The van der Waals surface area contributed by atoms with Gasteiger partial charge in [-0.15, -0.1) is 0 Å². The van der Waals surface area contributed by atoms with Crippen molar-refractivity contribution in [3.8, 4) is 11.3 Å². The Hall–Kier alpha value is -2.67. The van der Waals surface area contributed by atoms with E-state index in [4.69, 9.17) is 9.47 Å². The monoisotopic (exact) mass is 357 g/mol. The van der Waals surface area contributed by atoms with E-state index in [1.165, 1.54) is 0 Å². The Morgan fingerprint density at radius 1 is 1.31 bits per heavy atom. The SMILES string of the molecule is CCOC(=O)C[C@H]1COCCN1C(=O)c1cc(-c2ccccc2)nn1C. The molecule has 7 nitrogen and oxygen atoms in total. The predicted molar refractivity (Wildman–Crippen MR) is 95.5 cm³/mol. The van der Waals surface area contributed by atoms with Gasteiger partial charge >= 0.3 is 5.97 Å². The lowest BCUT2D eigenvalue weighted by Gasteiger charge is -2.35. The summed E-state index contributed by atoms with van der Waals surface area (Å²) in [6.45, 7) is 3.30. The van der Waals surface area contributed by atoms with E-state index in [1.807, 2.05) is 30.3 Å². The number of carbonyl (C=O) groups is 2. The van der Waals surface area contributed by atoms with Crippen molar-refractivity contribution in [2.24, 2.45) is 7.05 Å². The van der Waals surface area contributed by atoms with Crippen LogP contribution in [0.5, 0.6) is 0 Å². The van der Waals surface area contributed by atoms with Crippen LogP contribution in [0.2, 0.25) is 0 Å². The first-order chi connectivity index (χ1) is 12.6. The fourth-order valence-corrected chi connectivity index (χ4v) is 3.07. The number of nitrogens with zero attached hydrogens (tertiary/aromatic N) is 3. The first-order valence-corrected chi connectivity index (χ1v) is 8.74. The van der Waals surface area contributed by atoms with Crippen molar-refractivity contribution >= 4 is 11.9 Å². The van der Waals surface area contributed by atoms with Crippen molar-refractivity contribution in [1.82, 2.24) is 14.7 Å². The summed E-state index contributed by atoms with van der Waals surface area (Å²) in [5, 5.41) is 4.46. The Kier molecular flexibility index (Phi) is 5.68. The highest BCUT2D eigenvalue weighted by Gasteiger charge is 2.32. The molecule has 0 unspecified atom stereocenters. The van der Waals surface area contributed by atoms with Crippen molar-refractivity contribution in [2.45, 2.75) is 19.4 Å². The number of esters is 1. The molecule has 0 radical (unpaired) electrons. The van der Waals surface area contributed by atoms with E-state index >= 15 is 0 Å². The molecule has 26 heavy (non-hydrogen) atoms. The number of ether oxygens (including phenoxy) is 2. The second-order valence-electron chi connectivity index (χ2n) is 6.14. The fraction of sp³-hybridized carbons (Fsp3) is 0.421. The van der Waals surface area contributed by atoms with Crippen LogP contribution in [0.25, 0.3) is 11.3 Å². The Morgan fingerprint density at radius 3 is 2.81 bits per heavy atom. The van der Waals surface area contributed by atoms with E-state index in [-0.39, 0.29) is 24.3 Å². The van der Waals surface area contributed by atoms with Gasteiger partial charge < -0.3 is 14.4 Å². The van der Waals surface area contributed by atoms with E-state index in [0.717, 1.165) is 11.3 Å². The second kappa shape index (κ2) is 8.14. The van der Waals surface area contributed by atoms with E-state index in [2.05, 4.69) is 5.10 Å². The molecule has 1 saturated heterocycles. The van der Waals surface area contributed by atoms with Crippen molar-refractivity contribution in [1.29, 1.82) is 0 Å². The zero-order chi connectivity index (χ0) is 18.5. The summed E-state index contributed by atoms with van der Waals surface area (Å²) in [7, 11) is 1.75. The van der Waals surface area contributed by atoms with Crippen molar-refractivity contribution in [2.75, 3.05) is 26.4 Å². The van der Waals surface area contributed by atoms with Crippen molar-refractivity contribution in [3.63, 3.8) is 0 Å². The maximum absolute atomic E-state index is 13.1. The molecule has 2 aromatic rings. The maximum Gasteiger partial charge on any atom is 0.307 e. The third kappa shape index (κ3) is 3.94. The molecule has 0 saturated carbocycles. The lowest BCUT2D eigenvalue weighted by atomic mass is 10.1. The number of hydrogen-bond acceptors (Lipinski definition) is 5. The number of amides is 1. The average molecular weight is 357 g/mol. The highest BCUT2D eigenvalue weighted by molar-refractivity contribution is 5.94. The molecule has 1 aliphatic rings. The first kappa shape index (κ1) is 18.1. The Morgan fingerprint density at radius 2 is 2.08 bits per heavy atom. The fourth-order valence-electron chi connectivity index (χ4n) is 3.07. The molecular formula is C19H23N3O4. The van der Waals surface area contributed by atoms with Crippen LogP contribution >= 0.6 is 0 Å². The molecule has 1 amide bonds. The number of benzene rings is 1. The zero-order valence-corrected chi connectivity index (χ0v) is 15.1. The van der Waals surface area contributed by atoms with Gasteiger partial charge in [0.05, 0.1) is 38.0 Å². The van der Waals surface area contributed by atoms with E-state index in [0.29, 0.717) is 32.1 Å². The molecular weight excluding hydrogens is 334 g/mol. The largest absolute Gasteiger partial charge is 0.466 e. The predicted octanol–water partition coefficient (Wildman–Crippen LogP) is 1.88. The van der Waals surface area contributed by atoms with E-state index in [9.17, 15) is 9.59 Å². The van der Waals surface area contributed by atoms with Crippen LogP contribution in [0.3, 0.4) is 0 Å². The lowest BCUT2D eigenvalue weighted by Crippen LogP contribution is -2.50. The first-order valence-electron chi connectivity index (χ1n) is 8.74. The Labute approximate surface area is 152 Å². The standard InChI is InChI=1S/C19H23N3O4/c1-3-26-18(23)11-15-13-25-10-9-22(15)19(24)17-12-16(20-21(17)2)14-7-5-4-6-8-14/h4-8,12,15H,3,9-11,13H2,1-2H3/t15-/m0/s1. The van der Waals surface area contributed by atoms with Crippen LogP contribution < -0.4 is 0 Å². The minimum Gasteiger partial charge on any atom is -0.466 e. The molecule has 0 spiro atoms. The van der Waals surface area contributed by atoms with Gasteiger partial charge in [0.25, 0.3) is 5.91 Å². The highest BCUT2D eigenvalue weighted by Crippen LogP contribution is 2.21. The van der Waals surface area contributed by atoms with E-state index < -0.39 is 0 Å². The number of morpholine rings is 1. The van der Waals surface area contributed by atoms with Gasteiger partial charge in [0.1, 0.15) is 5.69 Å². The molecule has 0 bridgehead atoms. The maximum atomic E-state index is 13.1.